The fraction of sp³-hybridized carbons (Fsp3) is 0.381. The zero-order valence-electron chi connectivity index (χ0n) is 15.6. The van der Waals surface area contributed by atoms with Gasteiger partial charge in [0.05, 0.1) is 6.04 Å². The molecule has 0 bridgehead atoms. The van der Waals surface area contributed by atoms with Crippen LogP contribution in [0.1, 0.15) is 18.5 Å². The minimum atomic E-state index is -0.265. The Labute approximate surface area is 164 Å². The second kappa shape index (κ2) is 9.76. The average molecular weight is 388 g/mol. The molecule has 2 amide bonds. The Balaban J connectivity index is 1.38. The molecule has 144 valence electrons. The summed E-state index contributed by atoms with van der Waals surface area (Å²) < 4.78 is 13.0. The van der Waals surface area contributed by atoms with Gasteiger partial charge in [0.15, 0.2) is 0 Å². The molecule has 1 aliphatic heterocycles. The first kappa shape index (κ1) is 19.7. The van der Waals surface area contributed by atoms with Crippen molar-refractivity contribution in [2.45, 2.75) is 17.9 Å². The Bertz CT molecular complexity index is 718. The Kier molecular flexibility index (Phi) is 7.12. The van der Waals surface area contributed by atoms with E-state index in [-0.39, 0.29) is 17.9 Å². The van der Waals surface area contributed by atoms with Gasteiger partial charge in [-0.2, -0.15) is 0 Å². The van der Waals surface area contributed by atoms with E-state index >= 15 is 0 Å². The summed E-state index contributed by atoms with van der Waals surface area (Å²) in [6, 6.07) is 16.5. The number of nitrogens with one attached hydrogen (secondary N) is 1. The smallest absolute Gasteiger partial charge is 0.317 e. The Morgan fingerprint density at radius 3 is 2.41 bits per heavy atom. The van der Waals surface area contributed by atoms with Crippen LogP contribution in [0, 0.1) is 5.82 Å². The summed E-state index contributed by atoms with van der Waals surface area (Å²) in [6.07, 6.45) is 0. The lowest BCUT2D eigenvalue weighted by Gasteiger charge is -2.35. The van der Waals surface area contributed by atoms with Crippen LogP contribution in [0.25, 0.3) is 0 Å². The molecule has 1 fully saturated rings. The summed E-state index contributed by atoms with van der Waals surface area (Å²) in [4.78, 5) is 18.0. The van der Waals surface area contributed by atoms with Crippen molar-refractivity contribution in [1.82, 2.24) is 15.1 Å². The first-order chi connectivity index (χ1) is 13.1. The van der Waals surface area contributed by atoms with E-state index in [0.29, 0.717) is 0 Å². The number of thioether (sulfide) groups is 1. The maximum Gasteiger partial charge on any atom is 0.317 e. The predicted octanol–water partition coefficient (Wildman–Crippen LogP) is 4.01. The van der Waals surface area contributed by atoms with Crippen LogP contribution in [-0.4, -0.2) is 54.3 Å². The summed E-state index contributed by atoms with van der Waals surface area (Å²) in [5.74, 6) is 0.788. The van der Waals surface area contributed by atoms with Crippen LogP contribution in [0.15, 0.2) is 59.5 Å². The molecule has 1 aliphatic rings. The van der Waals surface area contributed by atoms with Gasteiger partial charge in [0.1, 0.15) is 5.82 Å². The maximum absolute atomic E-state index is 13.0. The van der Waals surface area contributed by atoms with Gasteiger partial charge in [0.2, 0.25) is 0 Å². The third-order valence-corrected chi connectivity index (χ3v) is 5.78. The molecule has 2 aromatic carbocycles. The van der Waals surface area contributed by atoms with Crippen molar-refractivity contribution in [3.63, 3.8) is 0 Å². The van der Waals surface area contributed by atoms with Crippen LogP contribution in [-0.2, 0) is 0 Å². The number of hydrogen-bond donors (Lipinski definition) is 1. The van der Waals surface area contributed by atoms with E-state index in [1.807, 2.05) is 29.7 Å². The third kappa shape index (κ3) is 5.97. The van der Waals surface area contributed by atoms with Crippen LogP contribution in [0.4, 0.5) is 9.18 Å². The van der Waals surface area contributed by atoms with Crippen molar-refractivity contribution in [3.8, 4) is 0 Å². The molecule has 1 atom stereocenters. The molecule has 0 aliphatic carbocycles. The van der Waals surface area contributed by atoms with Gasteiger partial charge in [-0.1, -0.05) is 30.3 Å². The quantitative estimate of drug-likeness (QED) is 0.761. The second-order valence-electron chi connectivity index (χ2n) is 6.71. The topological polar surface area (TPSA) is 35.6 Å². The molecular weight excluding hydrogens is 361 g/mol. The lowest BCUT2D eigenvalue weighted by Crippen LogP contribution is -2.52. The minimum Gasteiger partial charge on any atom is -0.331 e. The van der Waals surface area contributed by atoms with Gasteiger partial charge in [-0.25, -0.2) is 9.18 Å². The molecular formula is C21H26FN3OS. The van der Waals surface area contributed by atoms with Crippen molar-refractivity contribution in [3.05, 3.63) is 66.0 Å². The van der Waals surface area contributed by atoms with Gasteiger partial charge < -0.3 is 10.2 Å². The number of hydrogen-bond acceptors (Lipinski definition) is 3. The molecule has 6 heteroatoms. The van der Waals surface area contributed by atoms with Crippen molar-refractivity contribution in [1.29, 1.82) is 0 Å². The van der Waals surface area contributed by atoms with E-state index in [2.05, 4.69) is 34.5 Å². The molecule has 0 aromatic heterocycles. The van der Waals surface area contributed by atoms with Gasteiger partial charge in [0, 0.05) is 43.4 Å². The van der Waals surface area contributed by atoms with Gasteiger partial charge in [-0.3, -0.25) is 4.90 Å². The SMILES string of the molecule is C[C@@H](NC(=O)N1CCN(CCSc2ccccc2)CC1)c1ccc(F)cc1. The van der Waals surface area contributed by atoms with E-state index in [9.17, 15) is 9.18 Å². The van der Waals surface area contributed by atoms with Gasteiger partial charge in [0.25, 0.3) is 0 Å². The number of halogens is 1. The minimum absolute atomic E-state index is 0.0508. The van der Waals surface area contributed by atoms with Crippen molar-refractivity contribution >= 4 is 17.8 Å². The number of piperazine rings is 1. The van der Waals surface area contributed by atoms with Crippen LogP contribution >= 0.6 is 11.8 Å². The number of rotatable bonds is 6. The summed E-state index contributed by atoms with van der Waals surface area (Å²) in [5, 5.41) is 3.01. The molecule has 2 aromatic rings. The molecule has 27 heavy (non-hydrogen) atoms. The Morgan fingerprint density at radius 2 is 1.74 bits per heavy atom. The second-order valence-corrected chi connectivity index (χ2v) is 7.88. The summed E-state index contributed by atoms with van der Waals surface area (Å²) in [7, 11) is 0. The van der Waals surface area contributed by atoms with Crippen molar-refractivity contribution in [2.24, 2.45) is 0 Å². The maximum atomic E-state index is 13.0. The zero-order valence-corrected chi connectivity index (χ0v) is 16.4. The number of nitrogens with zero attached hydrogens (tertiary/aromatic N) is 2. The van der Waals surface area contributed by atoms with Gasteiger partial charge in [-0.15, -0.1) is 11.8 Å². The highest BCUT2D eigenvalue weighted by atomic mass is 32.2. The standard InChI is InChI=1S/C21H26FN3OS/c1-17(18-7-9-19(22)10-8-18)23-21(26)25-13-11-24(12-14-25)15-16-27-20-5-3-2-4-6-20/h2-10,17H,11-16H2,1H3,(H,23,26)/t17-/m1/s1. The average Bonchev–Trinajstić information content (AvgIpc) is 2.70. The van der Waals surface area contributed by atoms with E-state index < -0.39 is 0 Å². The number of carbonyl (C=O) groups is 1. The largest absolute Gasteiger partial charge is 0.331 e. The first-order valence-corrected chi connectivity index (χ1v) is 10.3. The van der Waals surface area contributed by atoms with Crippen LogP contribution in [0.2, 0.25) is 0 Å². The number of amides is 2. The number of carbonyl (C=O) groups excluding carboxylic acids is 1. The Morgan fingerprint density at radius 1 is 1.07 bits per heavy atom. The lowest BCUT2D eigenvalue weighted by molar-refractivity contribution is 0.142. The Hall–Kier alpha value is -2.05. The highest BCUT2D eigenvalue weighted by Crippen LogP contribution is 2.17. The van der Waals surface area contributed by atoms with E-state index in [1.54, 1.807) is 12.1 Å². The highest BCUT2D eigenvalue weighted by Gasteiger charge is 2.22. The van der Waals surface area contributed by atoms with Crippen LogP contribution < -0.4 is 5.32 Å². The van der Waals surface area contributed by atoms with Crippen molar-refractivity contribution in [2.75, 3.05) is 38.5 Å². The van der Waals surface area contributed by atoms with Crippen LogP contribution in [0.5, 0.6) is 0 Å². The molecule has 1 saturated heterocycles. The zero-order chi connectivity index (χ0) is 19.1. The molecule has 1 heterocycles. The molecule has 1 N–H and O–H groups in total. The lowest BCUT2D eigenvalue weighted by atomic mass is 10.1. The molecule has 3 rings (SSSR count). The summed E-state index contributed by atoms with van der Waals surface area (Å²) >= 11 is 1.87. The fourth-order valence-corrected chi connectivity index (χ4v) is 4.03. The molecule has 0 radical (unpaired) electrons. The predicted molar refractivity (Wildman–Crippen MR) is 109 cm³/mol. The van der Waals surface area contributed by atoms with E-state index in [1.165, 1.54) is 17.0 Å². The number of urea groups is 1. The third-order valence-electron chi connectivity index (χ3n) is 4.79. The summed E-state index contributed by atoms with van der Waals surface area (Å²) in [6.45, 7) is 6.21. The monoisotopic (exact) mass is 387 g/mol. The molecule has 4 nitrogen and oxygen atoms in total. The van der Waals surface area contributed by atoms with E-state index in [4.69, 9.17) is 0 Å². The number of benzene rings is 2. The van der Waals surface area contributed by atoms with E-state index in [0.717, 1.165) is 44.0 Å². The normalized spacial score (nSPS) is 16.1. The molecule has 0 saturated carbocycles. The van der Waals surface area contributed by atoms with Crippen LogP contribution in [0.3, 0.4) is 0 Å². The highest BCUT2D eigenvalue weighted by molar-refractivity contribution is 7.99. The summed E-state index contributed by atoms with van der Waals surface area (Å²) in [5.41, 5.74) is 0.904. The van der Waals surface area contributed by atoms with Crippen molar-refractivity contribution < 1.29 is 9.18 Å². The first-order valence-electron chi connectivity index (χ1n) is 9.33. The fourth-order valence-electron chi connectivity index (χ4n) is 3.10. The molecule has 0 unspecified atom stereocenters. The van der Waals surface area contributed by atoms with Gasteiger partial charge in [-0.05, 0) is 36.8 Å². The van der Waals surface area contributed by atoms with Gasteiger partial charge >= 0.3 is 6.03 Å². The molecule has 0 spiro atoms.